The smallest absolute Gasteiger partial charge is 0.229 e. The summed E-state index contributed by atoms with van der Waals surface area (Å²) >= 11 is 0. The van der Waals surface area contributed by atoms with E-state index in [2.05, 4.69) is 58.5 Å². The first-order chi connectivity index (χ1) is 14.6. The number of carbonyl (C=O) groups is 1. The Labute approximate surface area is 178 Å². The van der Waals surface area contributed by atoms with Crippen LogP contribution in [0.3, 0.4) is 0 Å². The predicted molar refractivity (Wildman–Crippen MR) is 122 cm³/mol. The van der Waals surface area contributed by atoms with Crippen molar-refractivity contribution in [3.8, 4) is 11.3 Å². The van der Waals surface area contributed by atoms with Crippen LogP contribution in [-0.4, -0.2) is 29.2 Å². The molecule has 1 fully saturated rings. The molecule has 1 aliphatic heterocycles. The van der Waals surface area contributed by atoms with Crippen molar-refractivity contribution in [3.05, 3.63) is 71.8 Å². The summed E-state index contributed by atoms with van der Waals surface area (Å²) in [6, 6.07) is 20.3. The van der Waals surface area contributed by atoms with Crippen LogP contribution in [-0.2, 0) is 11.2 Å². The Morgan fingerprint density at radius 3 is 2.57 bits per heavy atom. The van der Waals surface area contributed by atoms with Crippen molar-refractivity contribution in [3.63, 3.8) is 0 Å². The average Bonchev–Trinajstić information content (AvgIpc) is 2.80. The molecule has 0 unspecified atom stereocenters. The van der Waals surface area contributed by atoms with Crippen molar-refractivity contribution >= 4 is 17.4 Å². The van der Waals surface area contributed by atoms with Crippen molar-refractivity contribution in [2.24, 2.45) is 5.92 Å². The number of aromatic nitrogens is 2. The number of anilines is 2. The van der Waals surface area contributed by atoms with Crippen LogP contribution < -0.4 is 10.2 Å². The third-order valence-electron chi connectivity index (χ3n) is 5.82. The average molecular weight is 401 g/mol. The molecule has 1 aromatic heterocycles. The zero-order chi connectivity index (χ0) is 20.9. The SMILES string of the molecule is CCc1ccc(NC(=O)[C@H]2CCCN(c3ccc(-c4ccccc4C)nn3)C2)cc1. The summed E-state index contributed by atoms with van der Waals surface area (Å²) in [4.78, 5) is 15.0. The van der Waals surface area contributed by atoms with Crippen molar-refractivity contribution in [2.75, 3.05) is 23.3 Å². The van der Waals surface area contributed by atoms with Gasteiger partial charge in [0.25, 0.3) is 0 Å². The lowest BCUT2D eigenvalue weighted by atomic mass is 9.97. The molecule has 1 N–H and O–H groups in total. The second-order valence-electron chi connectivity index (χ2n) is 7.92. The van der Waals surface area contributed by atoms with Gasteiger partial charge in [0.1, 0.15) is 0 Å². The summed E-state index contributed by atoms with van der Waals surface area (Å²) in [6.45, 7) is 5.76. The first-order valence-corrected chi connectivity index (χ1v) is 10.7. The number of benzene rings is 2. The number of carbonyl (C=O) groups excluding carboxylic acids is 1. The second kappa shape index (κ2) is 9.08. The van der Waals surface area contributed by atoms with Gasteiger partial charge in [0.05, 0.1) is 11.6 Å². The number of nitrogens with zero attached hydrogens (tertiary/aromatic N) is 3. The highest BCUT2D eigenvalue weighted by molar-refractivity contribution is 5.93. The predicted octanol–water partition coefficient (Wildman–Crippen LogP) is 4.87. The Morgan fingerprint density at radius 2 is 1.87 bits per heavy atom. The molecule has 0 aliphatic carbocycles. The van der Waals surface area contributed by atoms with Crippen LogP contribution in [0.25, 0.3) is 11.3 Å². The van der Waals surface area contributed by atoms with Gasteiger partial charge >= 0.3 is 0 Å². The molecule has 5 nitrogen and oxygen atoms in total. The lowest BCUT2D eigenvalue weighted by Gasteiger charge is -2.32. The Balaban J connectivity index is 1.42. The standard InChI is InChI=1S/C25H28N4O/c1-3-19-10-12-21(13-11-19)26-25(30)20-8-6-16-29(17-20)24-15-14-23(27-28-24)22-9-5-4-7-18(22)2/h4-5,7,9-15,20H,3,6,8,16-17H2,1-2H3,(H,26,30)/t20-/m0/s1. The van der Waals surface area contributed by atoms with Crippen LogP contribution in [0.5, 0.6) is 0 Å². The van der Waals surface area contributed by atoms with Gasteiger partial charge in [0.2, 0.25) is 5.91 Å². The quantitative estimate of drug-likeness (QED) is 0.664. The van der Waals surface area contributed by atoms with Gasteiger partial charge in [-0.1, -0.05) is 43.3 Å². The highest BCUT2D eigenvalue weighted by Crippen LogP contribution is 2.25. The van der Waals surface area contributed by atoms with Gasteiger partial charge in [0.15, 0.2) is 5.82 Å². The molecule has 4 rings (SSSR count). The fourth-order valence-corrected chi connectivity index (χ4v) is 3.97. The highest BCUT2D eigenvalue weighted by Gasteiger charge is 2.27. The number of nitrogens with one attached hydrogen (secondary N) is 1. The maximum absolute atomic E-state index is 12.8. The van der Waals surface area contributed by atoms with Gasteiger partial charge in [-0.2, -0.15) is 0 Å². The van der Waals surface area contributed by atoms with Crippen LogP contribution in [0.15, 0.2) is 60.7 Å². The van der Waals surface area contributed by atoms with Crippen molar-refractivity contribution in [2.45, 2.75) is 33.1 Å². The maximum atomic E-state index is 12.8. The number of rotatable bonds is 5. The minimum absolute atomic E-state index is 0.0533. The van der Waals surface area contributed by atoms with Crippen molar-refractivity contribution in [1.82, 2.24) is 10.2 Å². The minimum Gasteiger partial charge on any atom is -0.354 e. The van der Waals surface area contributed by atoms with Crippen molar-refractivity contribution in [1.29, 1.82) is 0 Å². The number of piperidine rings is 1. The van der Waals surface area contributed by atoms with Crippen LogP contribution >= 0.6 is 0 Å². The Kier molecular flexibility index (Phi) is 6.07. The van der Waals surface area contributed by atoms with Gasteiger partial charge in [-0.05, 0) is 61.6 Å². The van der Waals surface area contributed by atoms with E-state index in [1.807, 2.05) is 36.4 Å². The molecule has 5 heteroatoms. The van der Waals surface area contributed by atoms with Crippen LogP contribution in [0.2, 0.25) is 0 Å². The Morgan fingerprint density at radius 1 is 1.07 bits per heavy atom. The molecule has 1 amide bonds. The van der Waals surface area contributed by atoms with Crippen LogP contribution in [0.4, 0.5) is 11.5 Å². The van der Waals surface area contributed by atoms with Crippen LogP contribution in [0, 0.1) is 12.8 Å². The summed E-state index contributed by atoms with van der Waals surface area (Å²) in [5.74, 6) is 0.855. The first kappa shape index (κ1) is 20.1. The third kappa shape index (κ3) is 4.51. The van der Waals surface area contributed by atoms with E-state index in [1.165, 1.54) is 11.1 Å². The number of amides is 1. The molecule has 1 atom stereocenters. The first-order valence-electron chi connectivity index (χ1n) is 10.7. The topological polar surface area (TPSA) is 58.1 Å². The van der Waals surface area contributed by atoms with E-state index in [0.717, 1.165) is 48.6 Å². The molecular formula is C25H28N4O. The normalized spacial score (nSPS) is 16.3. The minimum atomic E-state index is -0.0533. The van der Waals surface area contributed by atoms with E-state index in [-0.39, 0.29) is 11.8 Å². The van der Waals surface area contributed by atoms with E-state index in [1.54, 1.807) is 0 Å². The van der Waals surface area contributed by atoms with Crippen LogP contribution in [0.1, 0.15) is 30.9 Å². The van der Waals surface area contributed by atoms with E-state index in [0.29, 0.717) is 6.54 Å². The number of aryl methyl sites for hydroxylation is 2. The van der Waals surface area contributed by atoms with Crippen molar-refractivity contribution < 1.29 is 4.79 Å². The Bertz CT molecular complexity index is 998. The highest BCUT2D eigenvalue weighted by atomic mass is 16.1. The Hall–Kier alpha value is -3.21. The largest absolute Gasteiger partial charge is 0.354 e. The molecular weight excluding hydrogens is 372 g/mol. The molecule has 2 heterocycles. The molecule has 3 aromatic rings. The zero-order valence-electron chi connectivity index (χ0n) is 17.6. The molecule has 1 aliphatic rings. The molecule has 0 bridgehead atoms. The lowest BCUT2D eigenvalue weighted by molar-refractivity contribution is -0.120. The summed E-state index contributed by atoms with van der Waals surface area (Å²) in [5.41, 5.74) is 5.28. The molecule has 0 radical (unpaired) electrons. The third-order valence-corrected chi connectivity index (χ3v) is 5.82. The molecule has 154 valence electrons. The molecule has 2 aromatic carbocycles. The number of hydrogen-bond acceptors (Lipinski definition) is 4. The van der Waals surface area contributed by atoms with E-state index in [4.69, 9.17) is 0 Å². The molecule has 0 spiro atoms. The monoisotopic (exact) mass is 400 g/mol. The summed E-state index contributed by atoms with van der Waals surface area (Å²) in [7, 11) is 0. The molecule has 30 heavy (non-hydrogen) atoms. The van der Waals surface area contributed by atoms with Gasteiger partial charge in [-0.25, -0.2) is 0 Å². The maximum Gasteiger partial charge on any atom is 0.229 e. The van der Waals surface area contributed by atoms with E-state index < -0.39 is 0 Å². The summed E-state index contributed by atoms with van der Waals surface area (Å²) in [6.07, 6.45) is 2.85. The fourth-order valence-electron chi connectivity index (χ4n) is 3.97. The van der Waals surface area contributed by atoms with Gasteiger partial charge < -0.3 is 10.2 Å². The second-order valence-corrected chi connectivity index (χ2v) is 7.92. The van der Waals surface area contributed by atoms with Gasteiger partial charge in [0, 0.05) is 24.3 Å². The fraction of sp³-hybridized carbons (Fsp3) is 0.320. The van der Waals surface area contributed by atoms with Gasteiger partial charge in [-0.3, -0.25) is 4.79 Å². The number of hydrogen-bond donors (Lipinski definition) is 1. The van der Waals surface area contributed by atoms with E-state index in [9.17, 15) is 4.79 Å². The summed E-state index contributed by atoms with van der Waals surface area (Å²) < 4.78 is 0. The van der Waals surface area contributed by atoms with E-state index >= 15 is 0 Å². The lowest BCUT2D eigenvalue weighted by Crippen LogP contribution is -2.41. The zero-order valence-corrected chi connectivity index (χ0v) is 17.6. The summed E-state index contributed by atoms with van der Waals surface area (Å²) in [5, 5.41) is 12.0. The molecule has 0 saturated carbocycles. The van der Waals surface area contributed by atoms with Gasteiger partial charge in [-0.15, -0.1) is 10.2 Å². The molecule has 1 saturated heterocycles.